The summed E-state index contributed by atoms with van der Waals surface area (Å²) in [7, 11) is 0. The molecule has 0 radical (unpaired) electrons. The van der Waals surface area contributed by atoms with E-state index in [1.54, 1.807) is 6.07 Å². The number of hydrogen-bond donors (Lipinski definition) is 0. The van der Waals surface area contributed by atoms with Crippen LogP contribution in [-0.4, -0.2) is 25.3 Å². The van der Waals surface area contributed by atoms with Crippen molar-refractivity contribution in [3.63, 3.8) is 0 Å². The molecule has 0 saturated heterocycles. The Kier molecular flexibility index (Phi) is 4.20. The van der Waals surface area contributed by atoms with Gasteiger partial charge in [-0.3, -0.25) is 4.79 Å². The van der Waals surface area contributed by atoms with E-state index in [4.69, 9.17) is 4.74 Å². The van der Waals surface area contributed by atoms with E-state index < -0.39 is 0 Å². The zero-order chi connectivity index (χ0) is 12.8. The second-order valence-corrected chi connectivity index (χ2v) is 3.84. The highest BCUT2D eigenvalue weighted by Crippen LogP contribution is 2.16. The minimum Gasteiger partial charge on any atom is -0.376 e. The molecule has 3 nitrogen and oxygen atoms in total. The van der Waals surface area contributed by atoms with E-state index >= 15 is 0 Å². The van der Waals surface area contributed by atoms with Crippen LogP contribution in [0.4, 0.5) is 0 Å². The summed E-state index contributed by atoms with van der Waals surface area (Å²) >= 11 is 0. The topological polar surface area (TPSA) is 38.7 Å². The number of amides is 1. The lowest BCUT2D eigenvalue weighted by Gasteiger charge is -2.00. The van der Waals surface area contributed by atoms with E-state index in [2.05, 4.69) is 4.99 Å². The van der Waals surface area contributed by atoms with E-state index in [1.807, 2.05) is 43.3 Å². The number of benzene rings is 2. The predicted octanol–water partition coefficient (Wildman–Crippen LogP) is 3.09. The molecular formula is C15H15NO2. The maximum Gasteiger partial charge on any atom is 0.276 e. The van der Waals surface area contributed by atoms with Crippen LogP contribution in [0, 0.1) is 0 Å². The number of hydrogen-bond acceptors (Lipinski definition) is 2. The smallest absolute Gasteiger partial charge is 0.276 e. The monoisotopic (exact) mass is 241 g/mol. The van der Waals surface area contributed by atoms with Crippen LogP contribution in [0.2, 0.25) is 0 Å². The Hall–Kier alpha value is -2.00. The SMILES string of the molecule is CCOCC=NC(=O)c1ccc2ccccc2c1. The van der Waals surface area contributed by atoms with Gasteiger partial charge >= 0.3 is 0 Å². The number of ether oxygens (including phenoxy) is 1. The summed E-state index contributed by atoms with van der Waals surface area (Å²) < 4.78 is 5.09. The Morgan fingerprint density at radius 2 is 2.00 bits per heavy atom. The molecule has 2 rings (SSSR count). The third kappa shape index (κ3) is 3.02. The second kappa shape index (κ2) is 6.07. The summed E-state index contributed by atoms with van der Waals surface area (Å²) in [6.45, 7) is 2.89. The van der Waals surface area contributed by atoms with Gasteiger partial charge in [0.05, 0.1) is 6.61 Å². The molecule has 1 amide bonds. The van der Waals surface area contributed by atoms with Gasteiger partial charge in [0.25, 0.3) is 5.91 Å². The van der Waals surface area contributed by atoms with Crippen LogP contribution in [0.5, 0.6) is 0 Å². The van der Waals surface area contributed by atoms with E-state index in [1.165, 1.54) is 6.21 Å². The van der Waals surface area contributed by atoms with Crippen molar-refractivity contribution >= 4 is 22.9 Å². The van der Waals surface area contributed by atoms with Gasteiger partial charge < -0.3 is 4.74 Å². The first kappa shape index (κ1) is 12.5. The molecule has 0 aromatic heterocycles. The van der Waals surface area contributed by atoms with Crippen molar-refractivity contribution in [2.24, 2.45) is 4.99 Å². The molecule has 0 fully saturated rings. The molecule has 0 N–H and O–H groups in total. The molecule has 0 aliphatic heterocycles. The lowest BCUT2D eigenvalue weighted by Crippen LogP contribution is -1.99. The lowest BCUT2D eigenvalue weighted by molar-refractivity contribution is 0.100. The van der Waals surface area contributed by atoms with Crippen LogP contribution in [0.25, 0.3) is 10.8 Å². The van der Waals surface area contributed by atoms with Crippen molar-refractivity contribution in [3.05, 3.63) is 48.0 Å². The first-order chi connectivity index (χ1) is 8.81. The minimum absolute atomic E-state index is 0.236. The molecule has 0 atom stereocenters. The number of nitrogens with zero attached hydrogens (tertiary/aromatic N) is 1. The van der Waals surface area contributed by atoms with Crippen molar-refractivity contribution < 1.29 is 9.53 Å². The second-order valence-electron chi connectivity index (χ2n) is 3.84. The first-order valence-electron chi connectivity index (χ1n) is 5.94. The maximum atomic E-state index is 11.8. The van der Waals surface area contributed by atoms with Crippen LogP contribution in [0.1, 0.15) is 17.3 Å². The third-order valence-electron chi connectivity index (χ3n) is 2.60. The Morgan fingerprint density at radius 3 is 2.78 bits per heavy atom. The lowest BCUT2D eigenvalue weighted by atomic mass is 10.1. The summed E-state index contributed by atoms with van der Waals surface area (Å²) in [6.07, 6.45) is 1.50. The molecule has 0 aliphatic rings. The summed E-state index contributed by atoms with van der Waals surface area (Å²) in [5.41, 5.74) is 0.599. The van der Waals surface area contributed by atoms with E-state index in [-0.39, 0.29) is 5.91 Å². The zero-order valence-corrected chi connectivity index (χ0v) is 10.3. The van der Waals surface area contributed by atoms with Gasteiger partial charge in [-0.05, 0) is 29.8 Å². The quantitative estimate of drug-likeness (QED) is 0.609. The van der Waals surface area contributed by atoms with Gasteiger partial charge in [-0.2, -0.15) is 0 Å². The maximum absolute atomic E-state index is 11.8. The van der Waals surface area contributed by atoms with Crippen molar-refractivity contribution in [2.45, 2.75) is 6.92 Å². The normalized spacial score (nSPS) is 11.2. The Morgan fingerprint density at radius 1 is 1.22 bits per heavy atom. The van der Waals surface area contributed by atoms with E-state index in [0.717, 1.165) is 10.8 Å². The fraction of sp³-hybridized carbons (Fsp3) is 0.200. The molecule has 0 unspecified atom stereocenters. The number of carbonyl (C=O) groups is 1. The van der Waals surface area contributed by atoms with Crippen molar-refractivity contribution in [2.75, 3.05) is 13.2 Å². The Bertz CT molecular complexity index is 575. The van der Waals surface area contributed by atoms with Crippen LogP contribution < -0.4 is 0 Å². The molecule has 2 aromatic rings. The fourth-order valence-corrected chi connectivity index (χ4v) is 1.69. The molecule has 0 aliphatic carbocycles. The Labute approximate surface area is 106 Å². The highest BCUT2D eigenvalue weighted by Gasteiger charge is 2.03. The Balaban J connectivity index is 2.15. The summed E-state index contributed by atoms with van der Waals surface area (Å²) in [4.78, 5) is 15.6. The van der Waals surface area contributed by atoms with Gasteiger partial charge in [0.15, 0.2) is 0 Å². The van der Waals surface area contributed by atoms with Crippen LogP contribution in [-0.2, 0) is 4.74 Å². The molecular weight excluding hydrogens is 226 g/mol. The highest BCUT2D eigenvalue weighted by atomic mass is 16.5. The molecule has 3 heteroatoms. The van der Waals surface area contributed by atoms with Crippen LogP contribution in [0.15, 0.2) is 47.5 Å². The zero-order valence-electron chi connectivity index (χ0n) is 10.3. The van der Waals surface area contributed by atoms with Gasteiger partial charge in [-0.25, -0.2) is 4.99 Å². The van der Waals surface area contributed by atoms with Gasteiger partial charge in [-0.1, -0.05) is 30.3 Å². The number of rotatable bonds is 4. The molecule has 0 saturated carbocycles. The van der Waals surface area contributed by atoms with E-state index in [9.17, 15) is 4.79 Å². The summed E-state index contributed by atoms with van der Waals surface area (Å²) in [6, 6.07) is 13.5. The minimum atomic E-state index is -0.236. The van der Waals surface area contributed by atoms with Crippen molar-refractivity contribution in [3.8, 4) is 0 Å². The van der Waals surface area contributed by atoms with Gasteiger partial charge in [-0.15, -0.1) is 0 Å². The summed E-state index contributed by atoms with van der Waals surface area (Å²) in [5.74, 6) is -0.236. The van der Waals surface area contributed by atoms with Crippen LogP contribution >= 0.6 is 0 Å². The fourth-order valence-electron chi connectivity index (χ4n) is 1.69. The molecule has 2 aromatic carbocycles. The molecule has 18 heavy (non-hydrogen) atoms. The number of fused-ring (bicyclic) bond motifs is 1. The molecule has 0 spiro atoms. The van der Waals surface area contributed by atoms with E-state index in [0.29, 0.717) is 18.8 Å². The number of aliphatic imine (C=N–C) groups is 1. The third-order valence-corrected chi connectivity index (χ3v) is 2.60. The van der Waals surface area contributed by atoms with Crippen molar-refractivity contribution in [1.82, 2.24) is 0 Å². The van der Waals surface area contributed by atoms with Gasteiger partial charge in [0.1, 0.15) is 0 Å². The average molecular weight is 241 g/mol. The van der Waals surface area contributed by atoms with Gasteiger partial charge in [0, 0.05) is 18.4 Å². The average Bonchev–Trinajstić information content (AvgIpc) is 2.43. The standard InChI is InChI=1S/C15H15NO2/c1-2-18-10-9-16-15(17)14-8-7-12-5-3-4-6-13(12)11-14/h3-9,11H,2,10H2,1H3. The van der Waals surface area contributed by atoms with Crippen molar-refractivity contribution in [1.29, 1.82) is 0 Å². The molecule has 0 heterocycles. The molecule has 0 bridgehead atoms. The largest absolute Gasteiger partial charge is 0.376 e. The highest BCUT2D eigenvalue weighted by molar-refractivity contribution is 6.02. The number of carbonyl (C=O) groups excluding carboxylic acids is 1. The van der Waals surface area contributed by atoms with Crippen LogP contribution in [0.3, 0.4) is 0 Å². The predicted molar refractivity (Wildman–Crippen MR) is 73.3 cm³/mol. The first-order valence-corrected chi connectivity index (χ1v) is 5.94. The molecule has 92 valence electrons. The summed E-state index contributed by atoms with van der Waals surface area (Å²) in [5, 5.41) is 2.16. The van der Waals surface area contributed by atoms with Gasteiger partial charge in [0.2, 0.25) is 0 Å².